The van der Waals surface area contributed by atoms with Gasteiger partial charge in [0.15, 0.2) is 5.76 Å². The second kappa shape index (κ2) is 4.81. The molecule has 0 bridgehead atoms. The maximum atomic E-state index is 11.1. The highest BCUT2D eigenvalue weighted by Crippen LogP contribution is 2.27. The number of hydrogen-bond donors (Lipinski definition) is 1. The van der Waals surface area contributed by atoms with Gasteiger partial charge in [0.1, 0.15) is 11.3 Å². The number of para-hydroxylation sites is 1. The van der Waals surface area contributed by atoms with E-state index in [0.29, 0.717) is 23.6 Å². The van der Waals surface area contributed by atoms with Crippen LogP contribution in [-0.4, -0.2) is 16.1 Å². The molecule has 4 nitrogen and oxygen atoms in total. The van der Waals surface area contributed by atoms with Gasteiger partial charge in [-0.15, -0.1) is 0 Å². The van der Waals surface area contributed by atoms with Gasteiger partial charge in [-0.25, -0.2) is 9.78 Å². The van der Waals surface area contributed by atoms with Crippen LogP contribution in [0.1, 0.15) is 23.0 Å². The number of aryl methyl sites for hydroxylation is 1. The van der Waals surface area contributed by atoms with Crippen molar-refractivity contribution < 1.29 is 14.3 Å². The smallest absolute Gasteiger partial charge is 0.337 e. The molecule has 0 aliphatic heterocycles. The van der Waals surface area contributed by atoms with Crippen molar-refractivity contribution in [2.45, 2.75) is 13.3 Å². The molecule has 0 aliphatic carbocycles. The molecule has 1 aromatic carbocycles. The van der Waals surface area contributed by atoms with Crippen LogP contribution in [0.15, 0.2) is 46.9 Å². The van der Waals surface area contributed by atoms with Crippen molar-refractivity contribution in [2.75, 3.05) is 0 Å². The number of aromatic nitrogens is 1. The highest BCUT2D eigenvalue weighted by atomic mass is 16.4. The van der Waals surface area contributed by atoms with E-state index in [0.717, 1.165) is 11.0 Å². The summed E-state index contributed by atoms with van der Waals surface area (Å²) in [6, 6.07) is 12.9. The molecule has 100 valence electrons. The Hall–Kier alpha value is -2.62. The first-order valence-electron chi connectivity index (χ1n) is 6.41. The van der Waals surface area contributed by atoms with Crippen molar-refractivity contribution in [3.63, 3.8) is 0 Å². The van der Waals surface area contributed by atoms with E-state index in [1.165, 1.54) is 0 Å². The number of nitrogens with zero attached hydrogens (tertiary/aromatic N) is 1. The Morgan fingerprint density at radius 1 is 1.25 bits per heavy atom. The minimum Gasteiger partial charge on any atom is -0.478 e. The van der Waals surface area contributed by atoms with Crippen LogP contribution in [0.2, 0.25) is 0 Å². The van der Waals surface area contributed by atoms with E-state index in [1.54, 1.807) is 12.1 Å². The van der Waals surface area contributed by atoms with Gasteiger partial charge in [0.05, 0.1) is 11.3 Å². The molecule has 4 heteroatoms. The summed E-state index contributed by atoms with van der Waals surface area (Å²) in [6.45, 7) is 1.89. The fraction of sp³-hybridized carbons (Fsp3) is 0.125. The van der Waals surface area contributed by atoms with Crippen LogP contribution < -0.4 is 0 Å². The molecule has 0 spiro atoms. The Kier molecular flexibility index (Phi) is 2.99. The fourth-order valence-corrected chi connectivity index (χ4v) is 2.21. The molecule has 0 aliphatic rings. The van der Waals surface area contributed by atoms with Crippen molar-refractivity contribution >= 4 is 16.9 Å². The van der Waals surface area contributed by atoms with Gasteiger partial charge in [-0.1, -0.05) is 25.1 Å². The van der Waals surface area contributed by atoms with Gasteiger partial charge in [0.2, 0.25) is 0 Å². The van der Waals surface area contributed by atoms with Crippen LogP contribution in [0.5, 0.6) is 0 Å². The average Bonchev–Trinajstić information content (AvgIpc) is 2.90. The topological polar surface area (TPSA) is 63.3 Å². The molecule has 3 aromatic rings. The Morgan fingerprint density at radius 2 is 2.05 bits per heavy atom. The van der Waals surface area contributed by atoms with Gasteiger partial charge in [-0.05, 0) is 30.7 Å². The highest BCUT2D eigenvalue weighted by molar-refractivity contribution is 5.89. The van der Waals surface area contributed by atoms with E-state index in [4.69, 9.17) is 9.52 Å². The number of hydrogen-bond acceptors (Lipinski definition) is 3. The second-order valence-electron chi connectivity index (χ2n) is 4.50. The number of carboxylic acid groups (broad SMARTS) is 1. The lowest BCUT2D eigenvalue weighted by Crippen LogP contribution is -2.04. The second-order valence-corrected chi connectivity index (χ2v) is 4.50. The van der Waals surface area contributed by atoms with Crippen LogP contribution >= 0.6 is 0 Å². The summed E-state index contributed by atoms with van der Waals surface area (Å²) in [7, 11) is 0. The van der Waals surface area contributed by atoms with Gasteiger partial charge in [-0.2, -0.15) is 0 Å². The number of furan rings is 1. The maximum absolute atomic E-state index is 11.1. The molecule has 0 saturated heterocycles. The standard InChI is InChI=1S/C16H13NO3/c1-2-12-11(16(18)19)7-8-13(17-12)15-9-10-5-3-4-6-14(10)20-15/h3-9H,2H2,1H3,(H,18,19). The van der Waals surface area contributed by atoms with E-state index < -0.39 is 5.97 Å². The summed E-state index contributed by atoms with van der Waals surface area (Å²) >= 11 is 0. The third-order valence-corrected chi connectivity index (χ3v) is 3.22. The van der Waals surface area contributed by atoms with Crippen molar-refractivity contribution in [1.29, 1.82) is 0 Å². The summed E-state index contributed by atoms with van der Waals surface area (Å²) < 4.78 is 5.74. The molecule has 20 heavy (non-hydrogen) atoms. The lowest BCUT2D eigenvalue weighted by Gasteiger charge is -2.04. The van der Waals surface area contributed by atoms with Crippen LogP contribution in [-0.2, 0) is 6.42 Å². The minimum absolute atomic E-state index is 0.243. The number of fused-ring (bicyclic) bond motifs is 1. The third kappa shape index (κ3) is 2.05. The molecule has 0 atom stereocenters. The lowest BCUT2D eigenvalue weighted by atomic mass is 10.1. The molecule has 0 saturated carbocycles. The van der Waals surface area contributed by atoms with Gasteiger partial charge in [0, 0.05) is 5.39 Å². The molecule has 0 fully saturated rings. The van der Waals surface area contributed by atoms with E-state index in [9.17, 15) is 4.79 Å². The van der Waals surface area contributed by atoms with Crippen LogP contribution in [0, 0.1) is 0 Å². The van der Waals surface area contributed by atoms with Gasteiger partial charge >= 0.3 is 5.97 Å². The van der Waals surface area contributed by atoms with Crippen molar-refractivity contribution in [2.24, 2.45) is 0 Å². The summed E-state index contributed by atoms with van der Waals surface area (Å²) in [5.74, 6) is -0.302. The number of carbonyl (C=O) groups is 1. The SMILES string of the molecule is CCc1nc(-c2cc3ccccc3o2)ccc1C(=O)O. The number of rotatable bonds is 3. The average molecular weight is 267 g/mol. The highest BCUT2D eigenvalue weighted by Gasteiger charge is 2.13. The number of carboxylic acids is 1. The zero-order valence-corrected chi connectivity index (χ0v) is 11.0. The number of aromatic carboxylic acids is 1. The first kappa shape index (κ1) is 12.4. The van der Waals surface area contributed by atoms with Crippen LogP contribution in [0.25, 0.3) is 22.4 Å². The Balaban J connectivity index is 2.12. The normalized spacial score (nSPS) is 10.8. The van der Waals surface area contributed by atoms with E-state index >= 15 is 0 Å². The first-order valence-corrected chi connectivity index (χ1v) is 6.41. The number of pyridine rings is 1. The quantitative estimate of drug-likeness (QED) is 0.784. The molecule has 3 rings (SSSR count). The fourth-order valence-electron chi connectivity index (χ4n) is 2.21. The molecule has 0 radical (unpaired) electrons. The summed E-state index contributed by atoms with van der Waals surface area (Å²) in [4.78, 5) is 15.5. The zero-order chi connectivity index (χ0) is 14.1. The molecule has 0 unspecified atom stereocenters. The van der Waals surface area contributed by atoms with E-state index in [1.807, 2.05) is 37.3 Å². The largest absolute Gasteiger partial charge is 0.478 e. The third-order valence-electron chi connectivity index (χ3n) is 3.22. The molecule has 1 N–H and O–H groups in total. The molecule has 0 amide bonds. The van der Waals surface area contributed by atoms with Gasteiger partial charge in [0.25, 0.3) is 0 Å². The summed E-state index contributed by atoms with van der Waals surface area (Å²) in [5, 5.41) is 10.1. The molecular weight excluding hydrogens is 254 g/mol. The van der Waals surface area contributed by atoms with E-state index in [-0.39, 0.29) is 5.56 Å². The zero-order valence-electron chi connectivity index (χ0n) is 11.0. The van der Waals surface area contributed by atoms with Crippen molar-refractivity contribution in [1.82, 2.24) is 4.98 Å². The Bertz CT molecular complexity index is 756. The minimum atomic E-state index is -0.953. The number of benzene rings is 1. The molecule has 2 heterocycles. The predicted molar refractivity (Wildman–Crippen MR) is 75.8 cm³/mol. The van der Waals surface area contributed by atoms with Crippen molar-refractivity contribution in [3.05, 3.63) is 53.7 Å². The van der Waals surface area contributed by atoms with E-state index in [2.05, 4.69) is 4.98 Å². The summed E-state index contributed by atoms with van der Waals surface area (Å²) in [6.07, 6.45) is 0.565. The first-order chi connectivity index (χ1) is 9.69. The van der Waals surface area contributed by atoms with Gasteiger partial charge in [-0.3, -0.25) is 0 Å². The predicted octanol–water partition coefficient (Wildman–Crippen LogP) is 3.76. The molecule has 2 aromatic heterocycles. The van der Waals surface area contributed by atoms with Crippen molar-refractivity contribution in [3.8, 4) is 11.5 Å². The van der Waals surface area contributed by atoms with Crippen LogP contribution in [0.4, 0.5) is 0 Å². The molecular formula is C16H13NO3. The van der Waals surface area contributed by atoms with Crippen LogP contribution in [0.3, 0.4) is 0 Å². The summed E-state index contributed by atoms with van der Waals surface area (Å²) in [5.41, 5.74) is 2.26. The Morgan fingerprint density at radius 3 is 2.75 bits per heavy atom. The lowest BCUT2D eigenvalue weighted by molar-refractivity contribution is 0.0695. The maximum Gasteiger partial charge on any atom is 0.337 e. The Labute approximate surface area is 115 Å². The monoisotopic (exact) mass is 267 g/mol. The van der Waals surface area contributed by atoms with Gasteiger partial charge < -0.3 is 9.52 Å².